The molecule has 1 aliphatic rings. The van der Waals surface area contributed by atoms with E-state index in [1.54, 1.807) is 31.4 Å². The molecule has 0 aliphatic carbocycles. The lowest BCUT2D eigenvalue weighted by Gasteiger charge is -2.41. The Labute approximate surface area is 116 Å². The summed E-state index contributed by atoms with van der Waals surface area (Å²) in [5.74, 6) is -1.26. The van der Waals surface area contributed by atoms with E-state index in [2.05, 4.69) is 5.32 Å². The summed E-state index contributed by atoms with van der Waals surface area (Å²) in [6.45, 7) is -0.386. The van der Waals surface area contributed by atoms with Gasteiger partial charge in [-0.2, -0.15) is 0 Å². The standard InChI is InChI=1S/C13H19NO6/c1-19-9-4-2-8(3-5-9)14-7-13(18)12(17)11(16)10(15)6-20-13/h2-5,10-12,14-18H,6-7H2,1H3/t10-,11-,12+,13-/m1/s1. The molecule has 1 aromatic rings. The summed E-state index contributed by atoms with van der Waals surface area (Å²) in [5.41, 5.74) is 0.690. The molecule has 0 spiro atoms. The second kappa shape index (κ2) is 5.94. The molecular weight excluding hydrogens is 266 g/mol. The highest BCUT2D eigenvalue weighted by Crippen LogP contribution is 2.25. The van der Waals surface area contributed by atoms with Crippen molar-refractivity contribution >= 4 is 5.69 Å². The predicted octanol–water partition coefficient (Wildman–Crippen LogP) is -1.09. The molecule has 0 amide bonds. The van der Waals surface area contributed by atoms with Crippen molar-refractivity contribution in [2.24, 2.45) is 0 Å². The minimum absolute atomic E-state index is 0.135. The Balaban J connectivity index is 1.98. The highest BCUT2D eigenvalue weighted by molar-refractivity contribution is 5.46. The van der Waals surface area contributed by atoms with Crippen molar-refractivity contribution in [3.05, 3.63) is 24.3 Å². The molecule has 20 heavy (non-hydrogen) atoms. The van der Waals surface area contributed by atoms with Crippen LogP contribution in [-0.2, 0) is 4.74 Å². The summed E-state index contributed by atoms with van der Waals surface area (Å²) in [6, 6.07) is 6.96. The number of benzene rings is 1. The summed E-state index contributed by atoms with van der Waals surface area (Å²) in [5, 5.41) is 41.7. The first-order valence-corrected chi connectivity index (χ1v) is 6.25. The number of aliphatic hydroxyl groups is 4. The zero-order chi connectivity index (χ0) is 14.8. The first-order valence-electron chi connectivity index (χ1n) is 6.25. The molecule has 5 N–H and O–H groups in total. The fourth-order valence-electron chi connectivity index (χ4n) is 1.98. The van der Waals surface area contributed by atoms with Crippen LogP contribution in [0.15, 0.2) is 24.3 Å². The number of aliphatic hydroxyl groups excluding tert-OH is 3. The molecule has 2 rings (SSSR count). The van der Waals surface area contributed by atoms with Gasteiger partial charge in [-0.3, -0.25) is 0 Å². The van der Waals surface area contributed by atoms with E-state index >= 15 is 0 Å². The monoisotopic (exact) mass is 285 g/mol. The average molecular weight is 285 g/mol. The van der Waals surface area contributed by atoms with Gasteiger partial charge in [-0.25, -0.2) is 0 Å². The Morgan fingerprint density at radius 3 is 2.55 bits per heavy atom. The minimum atomic E-state index is -1.96. The first kappa shape index (κ1) is 15.0. The van der Waals surface area contributed by atoms with Crippen LogP contribution < -0.4 is 10.1 Å². The second-order valence-electron chi connectivity index (χ2n) is 4.74. The van der Waals surface area contributed by atoms with Crippen molar-refractivity contribution in [3.8, 4) is 5.75 Å². The highest BCUT2D eigenvalue weighted by atomic mass is 16.6. The molecule has 112 valence electrons. The summed E-state index contributed by atoms with van der Waals surface area (Å²) in [4.78, 5) is 0. The smallest absolute Gasteiger partial charge is 0.212 e. The van der Waals surface area contributed by atoms with Gasteiger partial charge < -0.3 is 35.2 Å². The zero-order valence-electron chi connectivity index (χ0n) is 11.1. The van der Waals surface area contributed by atoms with Gasteiger partial charge >= 0.3 is 0 Å². The predicted molar refractivity (Wildman–Crippen MR) is 70.4 cm³/mol. The number of methoxy groups -OCH3 is 1. The molecule has 7 nitrogen and oxygen atoms in total. The molecule has 1 fully saturated rings. The van der Waals surface area contributed by atoms with Gasteiger partial charge in [-0.1, -0.05) is 0 Å². The largest absolute Gasteiger partial charge is 0.497 e. The summed E-state index contributed by atoms with van der Waals surface area (Å²) in [7, 11) is 1.56. The maximum atomic E-state index is 10.2. The van der Waals surface area contributed by atoms with Crippen molar-refractivity contribution in [1.29, 1.82) is 0 Å². The Morgan fingerprint density at radius 2 is 1.95 bits per heavy atom. The Kier molecular flexibility index (Phi) is 4.46. The van der Waals surface area contributed by atoms with Crippen LogP contribution in [-0.4, -0.2) is 64.8 Å². The number of anilines is 1. The van der Waals surface area contributed by atoms with E-state index in [1.807, 2.05) is 0 Å². The third-order valence-electron chi connectivity index (χ3n) is 3.32. The van der Waals surface area contributed by atoms with Crippen molar-refractivity contribution in [2.75, 3.05) is 25.6 Å². The van der Waals surface area contributed by atoms with E-state index in [1.165, 1.54) is 0 Å². The van der Waals surface area contributed by atoms with Crippen LogP contribution in [0, 0.1) is 0 Å². The Bertz CT molecular complexity index is 439. The quantitative estimate of drug-likeness (QED) is 0.478. The molecular formula is C13H19NO6. The van der Waals surface area contributed by atoms with Crippen LogP contribution in [0.5, 0.6) is 5.75 Å². The topological polar surface area (TPSA) is 111 Å². The average Bonchev–Trinajstić information content (AvgIpc) is 2.48. The number of hydrogen-bond donors (Lipinski definition) is 5. The Hall–Kier alpha value is -1.38. The maximum Gasteiger partial charge on any atom is 0.212 e. The molecule has 0 unspecified atom stereocenters. The summed E-state index contributed by atoms with van der Waals surface area (Å²) < 4.78 is 10.1. The molecule has 1 aromatic carbocycles. The third-order valence-corrected chi connectivity index (χ3v) is 3.32. The molecule has 1 aliphatic heterocycles. The molecule has 0 bridgehead atoms. The first-order chi connectivity index (χ1) is 9.46. The highest BCUT2D eigenvalue weighted by Gasteiger charge is 2.48. The normalized spacial score (nSPS) is 33.8. The molecule has 0 aromatic heterocycles. The van der Waals surface area contributed by atoms with Gasteiger partial charge in [0, 0.05) is 5.69 Å². The number of nitrogens with one attached hydrogen (secondary N) is 1. The maximum absolute atomic E-state index is 10.2. The van der Waals surface area contributed by atoms with Gasteiger partial charge in [0.05, 0.1) is 20.3 Å². The van der Waals surface area contributed by atoms with Crippen LogP contribution in [0.3, 0.4) is 0 Å². The van der Waals surface area contributed by atoms with E-state index < -0.39 is 24.1 Å². The van der Waals surface area contributed by atoms with Gasteiger partial charge in [0.1, 0.15) is 24.1 Å². The van der Waals surface area contributed by atoms with Gasteiger partial charge in [0.25, 0.3) is 0 Å². The van der Waals surface area contributed by atoms with Crippen LogP contribution in [0.1, 0.15) is 0 Å². The third kappa shape index (κ3) is 3.02. The molecule has 4 atom stereocenters. The van der Waals surface area contributed by atoms with Crippen molar-refractivity contribution in [1.82, 2.24) is 0 Å². The Morgan fingerprint density at radius 1 is 1.30 bits per heavy atom. The molecule has 0 radical (unpaired) electrons. The van der Waals surface area contributed by atoms with Crippen molar-refractivity contribution in [2.45, 2.75) is 24.1 Å². The van der Waals surface area contributed by atoms with Crippen LogP contribution in [0.2, 0.25) is 0 Å². The fourth-order valence-corrected chi connectivity index (χ4v) is 1.98. The molecule has 0 saturated carbocycles. The van der Waals surface area contributed by atoms with Gasteiger partial charge in [-0.05, 0) is 24.3 Å². The van der Waals surface area contributed by atoms with Gasteiger partial charge in [0.2, 0.25) is 5.79 Å². The van der Waals surface area contributed by atoms with Crippen LogP contribution >= 0.6 is 0 Å². The lowest BCUT2D eigenvalue weighted by Crippen LogP contribution is -2.63. The second-order valence-corrected chi connectivity index (χ2v) is 4.74. The van der Waals surface area contributed by atoms with Gasteiger partial charge in [0.15, 0.2) is 0 Å². The lowest BCUT2D eigenvalue weighted by molar-refractivity contribution is -0.313. The minimum Gasteiger partial charge on any atom is -0.497 e. The van der Waals surface area contributed by atoms with Crippen LogP contribution in [0.25, 0.3) is 0 Å². The molecule has 1 saturated heterocycles. The van der Waals surface area contributed by atoms with E-state index in [-0.39, 0.29) is 13.2 Å². The molecule has 1 heterocycles. The fraction of sp³-hybridized carbons (Fsp3) is 0.538. The number of hydrogen-bond acceptors (Lipinski definition) is 7. The van der Waals surface area contributed by atoms with E-state index in [4.69, 9.17) is 9.47 Å². The van der Waals surface area contributed by atoms with Crippen LogP contribution in [0.4, 0.5) is 5.69 Å². The molecule has 7 heteroatoms. The zero-order valence-corrected chi connectivity index (χ0v) is 11.1. The van der Waals surface area contributed by atoms with Gasteiger partial charge in [-0.15, -0.1) is 0 Å². The number of ether oxygens (including phenoxy) is 2. The SMILES string of the molecule is COc1ccc(NC[C@@]2(O)OC[C@@H](O)[C@@H](O)[C@@H]2O)cc1. The summed E-state index contributed by atoms with van der Waals surface area (Å²) >= 11 is 0. The van der Waals surface area contributed by atoms with E-state index in [9.17, 15) is 20.4 Å². The lowest BCUT2D eigenvalue weighted by atomic mass is 9.97. The van der Waals surface area contributed by atoms with E-state index in [0.29, 0.717) is 11.4 Å². The van der Waals surface area contributed by atoms with Crippen molar-refractivity contribution < 1.29 is 29.9 Å². The number of rotatable bonds is 4. The summed E-state index contributed by atoms with van der Waals surface area (Å²) in [6.07, 6.45) is -4.27. The van der Waals surface area contributed by atoms with Crippen molar-refractivity contribution in [3.63, 3.8) is 0 Å². The van der Waals surface area contributed by atoms with E-state index in [0.717, 1.165) is 0 Å².